The minimum atomic E-state index is -0.493. The smallest absolute Gasteiger partial charge is 0.0914 e. The van der Waals surface area contributed by atoms with Gasteiger partial charge in [-0.2, -0.15) is 0 Å². The van der Waals surface area contributed by atoms with Crippen LogP contribution in [-0.2, 0) is 0 Å². The normalized spacial score (nSPS) is 14.8. The summed E-state index contributed by atoms with van der Waals surface area (Å²) in [6, 6.07) is 8.33. The van der Waals surface area contributed by atoms with Gasteiger partial charge in [0, 0.05) is 19.2 Å². The lowest BCUT2D eigenvalue weighted by molar-refractivity contribution is 0.167. The van der Waals surface area contributed by atoms with E-state index in [9.17, 15) is 5.11 Å². The molecule has 0 aromatic heterocycles. The molecule has 1 aromatic carbocycles. The Morgan fingerprint density at radius 3 is 2.11 bits per heavy atom. The number of benzene rings is 1. The van der Waals surface area contributed by atoms with Crippen molar-refractivity contribution in [2.45, 2.75) is 45.3 Å². The summed E-state index contributed by atoms with van der Waals surface area (Å²) in [5.74, 6) is 0.513. The van der Waals surface area contributed by atoms with Crippen LogP contribution in [-0.4, -0.2) is 29.4 Å². The Labute approximate surface area is 110 Å². The maximum absolute atomic E-state index is 10.0. The van der Waals surface area contributed by atoms with Gasteiger partial charge in [-0.3, -0.25) is 0 Å². The van der Waals surface area contributed by atoms with Crippen LogP contribution in [0.25, 0.3) is 0 Å². The van der Waals surface area contributed by atoms with Gasteiger partial charge in [-0.05, 0) is 30.4 Å². The zero-order valence-corrected chi connectivity index (χ0v) is 11.6. The van der Waals surface area contributed by atoms with Crippen molar-refractivity contribution >= 4 is 0 Å². The van der Waals surface area contributed by atoms with Gasteiger partial charge in [0.05, 0.1) is 6.10 Å². The summed E-state index contributed by atoms with van der Waals surface area (Å²) in [7, 11) is 0. The van der Waals surface area contributed by atoms with Gasteiger partial charge in [0.2, 0.25) is 0 Å². The molecule has 1 rings (SSSR count). The summed E-state index contributed by atoms with van der Waals surface area (Å²) in [5.41, 5.74) is 2.22. The third-order valence-electron chi connectivity index (χ3n) is 3.21. The average Bonchev–Trinajstić information content (AvgIpc) is 2.36. The van der Waals surface area contributed by atoms with Crippen LogP contribution in [0.5, 0.6) is 0 Å². The Bertz CT molecular complexity index is 335. The maximum Gasteiger partial charge on any atom is 0.0914 e. The lowest BCUT2D eigenvalue weighted by atomic mass is 10.00. The first-order valence-electron chi connectivity index (χ1n) is 6.66. The minimum absolute atomic E-state index is 0.174. The number of hydrogen-bond acceptors (Lipinski definition) is 3. The molecule has 0 fully saturated rings. The summed E-state index contributed by atoms with van der Waals surface area (Å²) in [6.07, 6.45) is 0.214. The molecule has 3 N–H and O–H groups in total. The van der Waals surface area contributed by atoms with Crippen molar-refractivity contribution in [2.24, 2.45) is 0 Å². The molecule has 2 unspecified atom stereocenters. The van der Waals surface area contributed by atoms with E-state index in [0.717, 1.165) is 5.56 Å². The zero-order valence-electron chi connectivity index (χ0n) is 11.6. The van der Waals surface area contributed by atoms with Gasteiger partial charge in [0.25, 0.3) is 0 Å². The van der Waals surface area contributed by atoms with Crippen molar-refractivity contribution < 1.29 is 10.2 Å². The summed E-state index contributed by atoms with van der Waals surface area (Å²) < 4.78 is 0. The van der Waals surface area contributed by atoms with Crippen LogP contribution in [0, 0.1) is 0 Å². The molecule has 0 aliphatic heterocycles. The number of rotatable bonds is 7. The van der Waals surface area contributed by atoms with E-state index in [0.29, 0.717) is 18.9 Å². The van der Waals surface area contributed by atoms with Crippen LogP contribution in [0.2, 0.25) is 0 Å². The Morgan fingerprint density at radius 1 is 1.06 bits per heavy atom. The molecule has 0 heterocycles. The highest BCUT2D eigenvalue weighted by molar-refractivity contribution is 5.26. The van der Waals surface area contributed by atoms with Gasteiger partial charge in [-0.1, -0.05) is 38.1 Å². The fourth-order valence-corrected chi connectivity index (χ4v) is 1.83. The summed E-state index contributed by atoms with van der Waals surface area (Å²) >= 11 is 0. The molecular formula is C15H25NO2. The largest absolute Gasteiger partial charge is 0.396 e. The first-order valence-corrected chi connectivity index (χ1v) is 6.66. The third kappa shape index (κ3) is 4.77. The molecule has 0 saturated carbocycles. The lowest BCUT2D eigenvalue weighted by Gasteiger charge is -2.17. The third-order valence-corrected chi connectivity index (χ3v) is 3.21. The van der Waals surface area contributed by atoms with Crippen LogP contribution in [0.3, 0.4) is 0 Å². The van der Waals surface area contributed by atoms with Crippen LogP contribution < -0.4 is 5.32 Å². The molecule has 18 heavy (non-hydrogen) atoms. The summed E-state index contributed by atoms with van der Waals surface area (Å²) in [4.78, 5) is 0. The van der Waals surface area contributed by atoms with E-state index >= 15 is 0 Å². The molecule has 1 aromatic rings. The highest BCUT2D eigenvalue weighted by Crippen LogP contribution is 2.18. The van der Waals surface area contributed by atoms with Crippen molar-refractivity contribution in [3.8, 4) is 0 Å². The molecule has 0 spiro atoms. The van der Waals surface area contributed by atoms with E-state index in [2.05, 4.69) is 31.3 Å². The Morgan fingerprint density at radius 2 is 1.61 bits per heavy atom. The molecule has 2 atom stereocenters. The van der Waals surface area contributed by atoms with E-state index in [1.165, 1.54) is 5.56 Å². The Balaban J connectivity index is 2.48. The van der Waals surface area contributed by atoms with Crippen molar-refractivity contribution in [1.29, 1.82) is 0 Å². The molecule has 0 amide bonds. The van der Waals surface area contributed by atoms with Crippen molar-refractivity contribution in [1.82, 2.24) is 5.32 Å². The van der Waals surface area contributed by atoms with Crippen molar-refractivity contribution in [2.75, 3.05) is 13.2 Å². The molecule has 0 aliphatic rings. The molecule has 3 nitrogen and oxygen atoms in total. The second kappa shape index (κ2) is 7.52. The molecular weight excluding hydrogens is 226 g/mol. The number of hydrogen-bond donors (Lipinski definition) is 3. The minimum Gasteiger partial charge on any atom is -0.396 e. The predicted molar refractivity (Wildman–Crippen MR) is 74.7 cm³/mol. The molecule has 0 bridgehead atoms. The van der Waals surface area contributed by atoms with Crippen LogP contribution in [0.15, 0.2) is 24.3 Å². The highest BCUT2D eigenvalue weighted by atomic mass is 16.3. The SMILES string of the molecule is CC(CCO)NCC(O)c1ccc(C(C)C)cc1. The Kier molecular flexibility index (Phi) is 6.33. The van der Waals surface area contributed by atoms with E-state index in [1.807, 2.05) is 19.1 Å². The first-order chi connectivity index (χ1) is 8.54. The quantitative estimate of drug-likeness (QED) is 0.696. The van der Waals surface area contributed by atoms with Gasteiger partial charge < -0.3 is 15.5 Å². The maximum atomic E-state index is 10.0. The number of aliphatic hydroxyl groups excluding tert-OH is 2. The predicted octanol–water partition coefficient (Wildman–Crippen LogP) is 2.20. The number of aliphatic hydroxyl groups is 2. The van der Waals surface area contributed by atoms with Crippen LogP contribution >= 0.6 is 0 Å². The van der Waals surface area contributed by atoms with E-state index in [1.54, 1.807) is 0 Å². The van der Waals surface area contributed by atoms with Gasteiger partial charge in [0.15, 0.2) is 0 Å². The van der Waals surface area contributed by atoms with Crippen molar-refractivity contribution in [3.05, 3.63) is 35.4 Å². The van der Waals surface area contributed by atoms with Crippen molar-refractivity contribution in [3.63, 3.8) is 0 Å². The van der Waals surface area contributed by atoms with Crippen LogP contribution in [0.1, 0.15) is 50.3 Å². The van der Waals surface area contributed by atoms with E-state index in [-0.39, 0.29) is 12.6 Å². The van der Waals surface area contributed by atoms with Gasteiger partial charge in [-0.25, -0.2) is 0 Å². The van der Waals surface area contributed by atoms with Gasteiger partial charge in [0.1, 0.15) is 0 Å². The number of nitrogens with one attached hydrogen (secondary N) is 1. The zero-order chi connectivity index (χ0) is 13.5. The monoisotopic (exact) mass is 251 g/mol. The highest BCUT2D eigenvalue weighted by Gasteiger charge is 2.09. The molecule has 0 radical (unpaired) electrons. The standard InChI is InChI=1S/C15H25NO2/c1-11(2)13-4-6-14(7-5-13)15(18)10-16-12(3)8-9-17/h4-7,11-12,15-18H,8-10H2,1-3H3. The molecule has 0 aliphatic carbocycles. The average molecular weight is 251 g/mol. The van der Waals surface area contributed by atoms with E-state index < -0.39 is 6.10 Å². The Hall–Kier alpha value is -0.900. The molecule has 102 valence electrons. The summed E-state index contributed by atoms with van der Waals surface area (Å²) in [5, 5.41) is 22.1. The van der Waals surface area contributed by atoms with Crippen LogP contribution in [0.4, 0.5) is 0 Å². The molecule has 3 heteroatoms. The molecule has 0 saturated heterocycles. The van der Waals surface area contributed by atoms with Gasteiger partial charge >= 0.3 is 0 Å². The van der Waals surface area contributed by atoms with E-state index in [4.69, 9.17) is 5.11 Å². The second-order valence-electron chi connectivity index (χ2n) is 5.16. The fraction of sp³-hybridized carbons (Fsp3) is 0.600. The summed E-state index contributed by atoms with van der Waals surface area (Å²) in [6.45, 7) is 7.01. The first kappa shape index (κ1) is 15.2. The topological polar surface area (TPSA) is 52.5 Å². The lowest BCUT2D eigenvalue weighted by Crippen LogP contribution is -2.31. The second-order valence-corrected chi connectivity index (χ2v) is 5.16. The van der Waals surface area contributed by atoms with Gasteiger partial charge in [-0.15, -0.1) is 0 Å². The fourth-order valence-electron chi connectivity index (χ4n) is 1.83.